The van der Waals surface area contributed by atoms with Crippen LogP contribution in [0.2, 0.25) is 0 Å². The van der Waals surface area contributed by atoms with Gasteiger partial charge in [0.05, 0.1) is 0 Å². The lowest BCUT2D eigenvalue weighted by Gasteiger charge is -2.33. The monoisotopic (exact) mass is 226 g/mol. The van der Waals surface area contributed by atoms with E-state index in [-0.39, 0.29) is 0 Å². The molecule has 0 aromatic carbocycles. The molecule has 0 bridgehead atoms. The smallest absolute Gasteiger partial charge is 0.0169 e. The second kappa shape index (κ2) is 6.61. The summed E-state index contributed by atoms with van der Waals surface area (Å²) < 4.78 is 0. The van der Waals surface area contributed by atoms with Crippen molar-refractivity contribution >= 4 is 0 Å². The van der Waals surface area contributed by atoms with E-state index in [1.165, 1.54) is 25.7 Å². The topological polar surface area (TPSA) is 15.3 Å². The summed E-state index contributed by atoms with van der Waals surface area (Å²) in [6.45, 7) is 8.18. The van der Waals surface area contributed by atoms with E-state index in [0.29, 0.717) is 6.04 Å². The molecule has 0 aromatic heterocycles. The van der Waals surface area contributed by atoms with Gasteiger partial charge < -0.3 is 10.2 Å². The van der Waals surface area contributed by atoms with Crippen molar-refractivity contribution < 1.29 is 0 Å². The van der Waals surface area contributed by atoms with Crippen LogP contribution in [-0.4, -0.2) is 37.6 Å². The quantitative estimate of drug-likeness (QED) is 0.775. The van der Waals surface area contributed by atoms with Crippen molar-refractivity contribution in [1.82, 2.24) is 10.2 Å². The molecule has 1 rings (SSSR count). The largest absolute Gasteiger partial charge is 0.310 e. The number of likely N-dealkylation sites (N-methyl/N-ethyl adjacent to an activating group) is 1. The molecule has 1 fully saturated rings. The van der Waals surface area contributed by atoms with Crippen molar-refractivity contribution in [2.75, 3.05) is 20.6 Å². The second-order valence-electron chi connectivity index (χ2n) is 6.19. The normalized spacial score (nSPS) is 28.7. The van der Waals surface area contributed by atoms with Gasteiger partial charge in [-0.1, -0.05) is 13.8 Å². The van der Waals surface area contributed by atoms with E-state index in [2.05, 4.69) is 45.1 Å². The lowest BCUT2D eigenvalue weighted by atomic mass is 9.79. The molecule has 0 heterocycles. The van der Waals surface area contributed by atoms with E-state index < -0.39 is 0 Å². The van der Waals surface area contributed by atoms with Crippen LogP contribution in [0, 0.1) is 11.8 Å². The second-order valence-corrected chi connectivity index (χ2v) is 6.19. The van der Waals surface area contributed by atoms with Crippen molar-refractivity contribution in [2.45, 2.75) is 58.5 Å². The molecule has 0 amide bonds. The number of rotatable bonds is 5. The minimum Gasteiger partial charge on any atom is -0.310 e. The zero-order valence-corrected chi connectivity index (χ0v) is 11.8. The third kappa shape index (κ3) is 4.84. The first kappa shape index (κ1) is 14.0. The summed E-state index contributed by atoms with van der Waals surface area (Å²) in [6, 6.07) is 1.39. The van der Waals surface area contributed by atoms with Crippen LogP contribution in [0.4, 0.5) is 0 Å². The Labute approximate surface area is 102 Å². The first-order valence-corrected chi connectivity index (χ1v) is 6.89. The van der Waals surface area contributed by atoms with E-state index in [0.717, 1.165) is 24.4 Å². The SMILES string of the molecule is CC(CN(C)C)NC1CCC(C(C)C)CC1. The average Bonchev–Trinajstić information content (AvgIpc) is 2.16. The molecule has 2 nitrogen and oxygen atoms in total. The molecule has 1 unspecified atom stereocenters. The molecule has 1 atom stereocenters. The zero-order chi connectivity index (χ0) is 12.1. The van der Waals surface area contributed by atoms with Gasteiger partial charge in [0.25, 0.3) is 0 Å². The Morgan fingerprint density at radius 1 is 1.06 bits per heavy atom. The summed E-state index contributed by atoms with van der Waals surface area (Å²) in [6.07, 6.45) is 5.59. The lowest BCUT2D eigenvalue weighted by molar-refractivity contribution is 0.221. The molecule has 2 heteroatoms. The fourth-order valence-corrected chi connectivity index (χ4v) is 2.96. The van der Waals surface area contributed by atoms with Gasteiger partial charge >= 0.3 is 0 Å². The van der Waals surface area contributed by atoms with Crippen molar-refractivity contribution in [1.29, 1.82) is 0 Å². The fraction of sp³-hybridized carbons (Fsp3) is 1.00. The highest BCUT2D eigenvalue weighted by atomic mass is 15.1. The number of hydrogen-bond donors (Lipinski definition) is 1. The molecule has 0 saturated heterocycles. The Morgan fingerprint density at radius 3 is 2.06 bits per heavy atom. The summed E-state index contributed by atoms with van der Waals surface area (Å²) in [5.41, 5.74) is 0. The van der Waals surface area contributed by atoms with Gasteiger partial charge in [0.15, 0.2) is 0 Å². The van der Waals surface area contributed by atoms with Crippen LogP contribution in [0.3, 0.4) is 0 Å². The first-order valence-electron chi connectivity index (χ1n) is 6.89. The van der Waals surface area contributed by atoms with Crippen LogP contribution in [0.15, 0.2) is 0 Å². The van der Waals surface area contributed by atoms with E-state index in [1.54, 1.807) is 0 Å². The summed E-state index contributed by atoms with van der Waals surface area (Å²) in [4.78, 5) is 2.26. The molecular formula is C14H30N2. The summed E-state index contributed by atoms with van der Waals surface area (Å²) in [7, 11) is 4.29. The van der Waals surface area contributed by atoms with E-state index in [9.17, 15) is 0 Å². The van der Waals surface area contributed by atoms with Gasteiger partial charge in [0, 0.05) is 18.6 Å². The van der Waals surface area contributed by atoms with Crippen LogP contribution >= 0.6 is 0 Å². The van der Waals surface area contributed by atoms with Crippen molar-refractivity contribution in [3.63, 3.8) is 0 Å². The summed E-state index contributed by atoms with van der Waals surface area (Å²) in [5, 5.41) is 3.77. The third-order valence-corrected chi connectivity index (χ3v) is 3.87. The predicted octanol–water partition coefficient (Wildman–Crippen LogP) is 2.74. The minimum absolute atomic E-state index is 0.621. The van der Waals surface area contributed by atoms with Gasteiger partial charge in [-0.25, -0.2) is 0 Å². The molecule has 1 aliphatic rings. The maximum atomic E-state index is 3.77. The summed E-state index contributed by atoms with van der Waals surface area (Å²) in [5.74, 6) is 1.85. The fourth-order valence-electron chi connectivity index (χ4n) is 2.96. The highest BCUT2D eigenvalue weighted by Crippen LogP contribution is 2.29. The molecule has 16 heavy (non-hydrogen) atoms. The molecule has 1 aliphatic carbocycles. The minimum atomic E-state index is 0.621. The Bertz CT molecular complexity index is 181. The third-order valence-electron chi connectivity index (χ3n) is 3.87. The van der Waals surface area contributed by atoms with Gasteiger partial charge in [-0.05, 0) is 58.5 Å². The number of nitrogens with zero attached hydrogens (tertiary/aromatic N) is 1. The van der Waals surface area contributed by atoms with Gasteiger partial charge in [0.1, 0.15) is 0 Å². The van der Waals surface area contributed by atoms with Crippen LogP contribution in [0.1, 0.15) is 46.5 Å². The lowest BCUT2D eigenvalue weighted by Crippen LogP contribution is -2.43. The number of nitrogens with one attached hydrogen (secondary N) is 1. The molecule has 0 aliphatic heterocycles. The zero-order valence-electron chi connectivity index (χ0n) is 11.8. The highest BCUT2D eigenvalue weighted by molar-refractivity contribution is 4.80. The molecule has 0 spiro atoms. The first-order chi connectivity index (χ1) is 7.49. The van der Waals surface area contributed by atoms with Crippen LogP contribution < -0.4 is 5.32 Å². The predicted molar refractivity (Wildman–Crippen MR) is 71.7 cm³/mol. The Hall–Kier alpha value is -0.0800. The summed E-state index contributed by atoms with van der Waals surface area (Å²) >= 11 is 0. The standard InChI is InChI=1S/C14H30N2/c1-11(2)13-6-8-14(9-7-13)15-12(3)10-16(4)5/h11-15H,6-10H2,1-5H3. The number of hydrogen-bond acceptors (Lipinski definition) is 2. The molecule has 0 radical (unpaired) electrons. The van der Waals surface area contributed by atoms with E-state index >= 15 is 0 Å². The highest BCUT2D eigenvalue weighted by Gasteiger charge is 2.23. The Balaban J connectivity index is 2.21. The Kier molecular flexibility index (Phi) is 5.77. The average molecular weight is 226 g/mol. The molecule has 96 valence electrons. The van der Waals surface area contributed by atoms with Crippen molar-refractivity contribution in [3.8, 4) is 0 Å². The van der Waals surface area contributed by atoms with Crippen LogP contribution in [-0.2, 0) is 0 Å². The van der Waals surface area contributed by atoms with Crippen molar-refractivity contribution in [3.05, 3.63) is 0 Å². The molecule has 1 N–H and O–H groups in total. The van der Waals surface area contributed by atoms with Crippen LogP contribution in [0.25, 0.3) is 0 Å². The molecule has 1 saturated carbocycles. The van der Waals surface area contributed by atoms with Crippen LogP contribution in [0.5, 0.6) is 0 Å². The van der Waals surface area contributed by atoms with Gasteiger partial charge in [0.2, 0.25) is 0 Å². The van der Waals surface area contributed by atoms with Gasteiger partial charge in [-0.2, -0.15) is 0 Å². The molecule has 0 aromatic rings. The van der Waals surface area contributed by atoms with Gasteiger partial charge in [-0.3, -0.25) is 0 Å². The molecular weight excluding hydrogens is 196 g/mol. The van der Waals surface area contributed by atoms with Gasteiger partial charge in [-0.15, -0.1) is 0 Å². The van der Waals surface area contributed by atoms with E-state index in [4.69, 9.17) is 0 Å². The van der Waals surface area contributed by atoms with Crippen molar-refractivity contribution in [2.24, 2.45) is 11.8 Å². The Morgan fingerprint density at radius 2 is 1.62 bits per heavy atom. The maximum absolute atomic E-state index is 3.77. The van der Waals surface area contributed by atoms with E-state index in [1.807, 2.05) is 0 Å². The maximum Gasteiger partial charge on any atom is 0.0169 e.